The Morgan fingerprint density at radius 2 is 1.92 bits per heavy atom. The number of aryl methyl sites for hydroxylation is 2. The third kappa shape index (κ3) is 4.23. The van der Waals surface area contributed by atoms with E-state index >= 15 is 0 Å². The minimum absolute atomic E-state index is 0.0343. The summed E-state index contributed by atoms with van der Waals surface area (Å²) in [6.45, 7) is 8.65. The molecule has 8 heteroatoms. The SMILES string of the molecule is CCn1nc(C)c(C(=O)N2CCCC(N(CC(=O)O)C(C)=O)CC2)c1C. The quantitative estimate of drug-likeness (QED) is 0.853. The van der Waals surface area contributed by atoms with E-state index in [0.29, 0.717) is 38.0 Å². The second-order valence-corrected chi connectivity index (χ2v) is 6.78. The molecule has 1 N–H and O–H groups in total. The first-order valence-electron chi connectivity index (χ1n) is 9.08. The second-order valence-electron chi connectivity index (χ2n) is 6.78. The summed E-state index contributed by atoms with van der Waals surface area (Å²) in [5.41, 5.74) is 2.25. The molecule has 1 aliphatic rings. The highest BCUT2D eigenvalue weighted by Gasteiger charge is 2.29. The van der Waals surface area contributed by atoms with Crippen molar-refractivity contribution in [2.24, 2.45) is 0 Å². The maximum atomic E-state index is 13.0. The lowest BCUT2D eigenvalue weighted by Crippen LogP contribution is -2.43. The number of hydrogen-bond donors (Lipinski definition) is 1. The van der Waals surface area contributed by atoms with Crippen molar-refractivity contribution in [1.82, 2.24) is 19.6 Å². The van der Waals surface area contributed by atoms with Gasteiger partial charge in [0.15, 0.2) is 0 Å². The summed E-state index contributed by atoms with van der Waals surface area (Å²) in [4.78, 5) is 39.1. The standard InChI is InChI=1S/C18H28N4O4/c1-5-22-13(3)17(12(2)19-22)18(26)20-9-6-7-15(8-10-20)21(14(4)23)11-16(24)25/h15H,5-11H2,1-4H3,(H,24,25). The summed E-state index contributed by atoms with van der Waals surface area (Å²) in [6, 6.07) is -0.151. The molecule has 8 nitrogen and oxygen atoms in total. The zero-order valence-electron chi connectivity index (χ0n) is 16.0. The Balaban J connectivity index is 2.13. The van der Waals surface area contributed by atoms with Crippen LogP contribution in [0.2, 0.25) is 0 Å². The second kappa shape index (κ2) is 8.33. The third-order valence-electron chi connectivity index (χ3n) is 5.03. The van der Waals surface area contributed by atoms with E-state index in [2.05, 4.69) is 5.10 Å². The van der Waals surface area contributed by atoms with Crippen LogP contribution in [0.1, 0.15) is 54.9 Å². The molecule has 2 heterocycles. The lowest BCUT2D eigenvalue weighted by Gasteiger charge is -2.28. The van der Waals surface area contributed by atoms with Gasteiger partial charge in [0, 0.05) is 38.3 Å². The number of aliphatic carboxylic acids is 1. The van der Waals surface area contributed by atoms with Crippen molar-refractivity contribution in [3.63, 3.8) is 0 Å². The summed E-state index contributed by atoms with van der Waals surface area (Å²) in [6.07, 6.45) is 2.02. The van der Waals surface area contributed by atoms with Crippen LogP contribution in [0.5, 0.6) is 0 Å². The molecule has 144 valence electrons. The van der Waals surface area contributed by atoms with E-state index in [1.54, 1.807) is 4.90 Å². The smallest absolute Gasteiger partial charge is 0.323 e. The van der Waals surface area contributed by atoms with Gasteiger partial charge in [0.05, 0.1) is 11.3 Å². The number of carboxylic acids is 1. The maximum Gasteiger partial charge on any atom is 0.323 e. The zero-order valence-corrected chi connectivity index (χ0v) is 16.0. The van der Waals surface area contributed by atoms with Crippen LogP contribution >= 0.6 is 0 Å². The van der Waals surface area contributed by atoms with Crippen molar-refractivity contribution < 1.29 is 19.5 Å². The van der Waals surface area contributed by atoms with Gasteiger partial charge in [-0.3, -0.25) is 19.1 Å². The number of amides is 2. The molecule has 0 saturated carbocycles. The lowest BCUT2D eigenvalue weighted by atomic mass is 10.1. The molecular formula is C18H28N4O4. The molecule has 0 radical (unpaired) electrons. The number of carboxylic acid groups (broad SMARTS) is 1. The van der Waals surface area contributed by atoms with E-state index in [1.165, 1.54) is 11.8 Å². The highest BCUT2D eigenvalue weighted by atomic mass is 16.4. The van der Waals surface area contributed by atoms with Crippen LogP contribution in [-0.4, -0.2) is 68.1 Å². The first-order valence-corrected chi connectivity index (χ1v) is 9.08. The minimum atomic E-state index is -1.02. The predicted molar refractivity (Wildman–Crippen MR) is 95.9 cm³/mol. The normalized spacial score (nSPS) is 17.7. The molecule has 0 aromatic carbocycles. The molecule has 1 unspecified atom stereocenters. The van der Waals surface area contributed by atoms with Crippen LogP contribution in [0.25, 0.3) is 0 Å². The largest absolute Gasteiger partial charge is 0.480 e. The Kier molecular flexibility index (Phi) is 6.39. The first-order chi connectivity index (χ1) is 12.3. The van der Waals surface area contributed by atoms with Gasteiger partial charge in [-0.15, -0.1) is 0 Å². The molecule has 1 atom stereocenters. The van der Waals surface area contributed by atoms with Gasteiger partial charge in [-0.1, -0.05) is 0 Å². The minimum Gasteiger partial charge on any atom is -0.480 e. The number of aromatic nitrogens is 2. The van der Waals surface area contributed by atoms with Gasteiger partial charge in [0.1, 0.15) is 6.54 Å². The van der Waals surface area contributed by atoms with Gasteiger partial charge in [0.25, 0.3) is 5.91 Å². The molecular weight excluding hydrogens is 336 g/mol. The molecule has 2 rings (SSSR count). The van der Waals surface area contributed by atoms with E-state index in [-0.39, 0.29) is 24.4 Å². The molecule has 26 heavy (non-hydrogen) atoms. The van der Waals surface area contributed by atoms with Crippen LogP contribution in [0, 0.1) is 13.8 Å². The van der Waals surface area contributed by atoms with E-state index in [0.717, 1.165) is 17.8 Å². The molecule has 0 spiro atoms. The lowest BCUT2D eigenvalue weighted by molar-refractivity contribution is -0.145. The fraction of sp³-hybridized carbons (Fsp3) is 0.667. The Labute approximate surface area is 153 Å². The summed E-state index contributed by atoms with van der Waals surface area (Å²) in [7, 11) is 0. The van der Waals surface area contributed by atoms with Gasteiger partial charge in [-0.05, 0) is 40.0 Å². The Morgan fingerprint density at radius 1 is 1.23 bits per heavy atom. The molecule has 1 aromatic rings. The summed E-state index contributed by atoms with van der Waals surface area (Å²) >= 11 is 0. The molecule has 2 amide bonds. The Bertz CT molecular complexity index is 698. The number of carbonyl (C=O) groups excluding carboxylic acids is 2. The Morgan fingerprint density at radius 3 is 2.46 bits per heavy atom. The van der Waals surface area contributed by atoms with Crippen molar-refractivity contribution >= 4 is 17.8 Å². The maximum absolute atomic E-state index is 13.0. The number of nitrogens with zero attached hydrogens (tertiary/aromatic N) is 4. The molecule has 1 fully saturated rings. The zero-order chi connectivity index (χ0) is 19.4. The fourth-order valence-electron chi connectivity index (χ4n) is 3.71. The van der Waals surface area contributed by atoms with Crippen LogP contribution in [0.4, 0.5) is 0 Å². The van der Waals surface area contributed by atoms with Gasteiger partial charge in [0.2, 0.25) is 5.91 Å². The first kappa shape index (κ1) is 19.9. The van der Waals surface area contributed by atoms with Gasteiger partial charge in [-0.25, -0.2) is 0 Å². The third-order valence-corrected chi connectivity index (χ3v) is 5.03. The van der Waals surface area contributed by atoms with E-state index < -0.39 is 5.97 Å². The Hall–Kier alpha value is -2.38. The van der Waals surface area contributed by atoms with Gasteiger partial charge in [-0.2, -0.15) is 5.10 Å². The molecule has 0 aliphatic carbocycles. The van der Waals surface area contributed by atoms with Crippen LogP contribution in [0.15, 0.2) is 0 Å². The topological polar surface area (TPSA) is 95.7 Å². The van der Waals surface area contributed by atoms with E-state index in [4.69, 9.17) is 5.11 Å². The monoisotopic (exact) mass is 364 g/mol. The molecule has 1 aromatic heterocycles. The molecule has 1 aliphatic heterocycles. The summed E-state index contributed by atoms with van der Waals surface area (Å²) in [5, 5.41) is 13.5. The van der Waals surface area contributed by atoms with Crippen LogP contribution in [0.3, 0.4) is 0 Å². The van der Waals surface area contributed by atoms with Gasteiger partial charge >= 0.3 is 5.97 Å². The van der Waals surface area contributed by atoms with Gasteiger partial charge < -0.3 is 14.9 Å². The number of carbonyl (C=O) groups is 3. The van der Waals surface area contributed by atoms with E-state index in [9.17, 15) is 14.4 Å². The van der Waals surface area contributed by atoms with Crippen molar-refractivity contribution in [1.29, 1.82) is 0 Å². The highest BCUT2D eigenvalue weighted by Crippen LogP contribution is 2.21. The number of likely N-dealkylation sites (tertiary alicyclic amines) is 1. The predicted octanol–water partition coefficient (Wildman–Crippen LogP) is 1.45. The average Bonchev–Trinajstić information content (AvgIpc) is 2.75. The molecule has 0 bridgehead atoms. The fourth-order valence-corrected chi connectivity index (χ4v) is 3.71. The van der Waals surface area contributed by atoms with Crippen molar-refractivity contribution in [3.05, 3.63) is 17.0 Å². The van der Waals surface area contributed by atoms with Crippen LogP contribution in [-0.2, 0) is 16.1 Å². The van der Waals surface area contributed by atoms with Crippen molar-refractivity contribution in [3.8, 4) is 0 Å². The average molecular weight is 364 g/mol. The van der Waals surface area contributed by atoms with Crippen molar-refractivity contribution in [2.75, 3.05) is 19.6 Å². The number of rotatable bonds is 5. The van der Waals surface area contributed by atoms with E-state index in [1.807, 2.05) is 25.5 Å². The summed E-state index contributed by atoms with van der Waals surface area (Å²) in [5.74, 6) is -1.29. The van der Waals surface area contributed by atoms with Crippen LogP contribution < -0.4 is 0 Å². The summed E-state index contributed by atoms with van der Waals surface area (Å²) < 4.78 is 1.83. The molecule has 1 saturated heterocycles. The highest BCUT2D eigenvalue weighted by molar-refractivity contribution is 5.96. The number of hydrogen-bond acceptors (Lipinski definition) is 4. The van der Waals surface area contributed by atoms with Crippen molar-refractivity contribution in [2.45, 2.75) is 59.5 Å².